The first-order valence-corrected chi connectivity index (χ1v) is 9.11. The topological polar surface area (TPSA) is 99.2 Å². The molecular weight excluding hydrogens is 469 g/mol. The van der Waals surface area contributed by atoms with E-state index in [1.807, 2.05) is 0 Å². The van der Waals surface area contributed by atoms with Crippen LogP contribution in [0.4, 0.5) is 18.9 Å². The number of hydrogen-bond acceptors (Lipinski definition) is 4. The average molecular weight is 482 g/mol. The van der Waals surface area contributed by atoms with E-state index in [1.165, 1.54) is 16.8 Å². The van der Waals surface area contributed by atoms with E-state index in [2.05, 4.69) is 31.1 Å². The van der Waals surface area contributed by atoms with Crippen molar-refractivity contribution in [1.82, 2.24) is 9.78 Å². The molecule has 1 aromatic heterocycles. The van der Waals surface area contributed by atoms with Crippen LogP contribution in [-0.2, 0) is 0 Å². The Bertz CT molecular complexity index is 944. The lowest BCUT2D eigenvalue weighted by Crippen LogP contribution is -2.21. The monoisotopic (exact) mass is 480 g/mol. The average Bonchev–Trinajstić information content (AvgIpc) is 3.33. The highest BCUT2D eigenvalue weighted by Crippen LogP contribution is 2.37. The number of hydrogen-bond donors (Lipinski definition) is 2. The van der Waals surface area contributed by atoms with Gasteiger partial charge < -0.3 is 15.8 Å². The van der Waals surface area contributed by atoms with Gasteiger partial charge in [0.15, 0.2) is 6.61 Å². The molecule has 0 bridgehead atoms. The summed E-state index contributed by atoms with van der Waals surface area (Å²) in [7, 11) is 0. The van der Waals surface area contributed by atoms with Crippen molar-refractivity contribution < 1.29 is 27.5 Å². The molecule has 0 radical (unpaired) electrons. The molecule has 0 spiro atoms. The Kier molecular flexibility index (Phi) is 5.57. The summed E-state index contributed by atoms with van der Waals surface area (Å²) in [6.07, 6.45) is -3.06. The summed E-state index contributed by atoms with van der Waals surface area (Å²) < 4.78 is 43.4. The zero-order valence-corrected chi connectivity index (χ0v) is 16.4. The number of nitrogens with zero attached hydrogens (tertiary/aromatic N) is 2. The number of alkyl halides is 3. The first-order valence-electron chi connectivity index (χ1n) is 7.94. The minimum absolute atomic E-state index is 0.00283. The van der Waals surface area contributed by atoms with Crippen LogP contribution in [0.1, 0.15) is 39.7 Å². The second-order valence-corrected chi connectivity index (χ2v) is 7.37. The minimum atomic E-state index is -4.53. The molecule has 1 aliphatic carbocycles. The molecule has 0 aliphatic heterocycles. The van der Waals surface area contributed by atoms with Crippen LogP contribution in [0.15, 0.2) is 22.7 Å². The van der Waals surface area contributed by atoms with Gasteiger partial charge in [0.05, 0.1) is 17.3 Å². The van der Waals surface area contributed by atoms with Crippen LogP contribution >= 0.6 is 27.5 Å². The molecule has 1 fully saturated rings. The van der Waals surface area contributed by atoms with Gasteiger partial charge >= 0.3 is 6.18 Å². The van der Waals surface area contributed by atoms with Crippen molar-refractivity contribution in [3.63, 3.8) is 0 Å². The molecule has 28 heavy (non-hydrogen) atoms. The van der Waals surface area contributed by atoms with Gasteiger partial charge in [-0.25, -0.2) is 0 Å². The molecule has 1 aromatic carbocycles. The van der Waals surface area contributed by atoms with Crippen molar-refractivity contribution in [1.29, 1.82) is 0 Å². The second kappa shape index (κ2) is 7.63. The lowest BCUT2D eigenvalue weighted by atomic mass is 10.1. The summed E-state index contributed by atoms with van der Waals surface area (Å²) in [5, 5.41) is 6.70. The first-order chi connectivity index (χ1) is 13.0. The molecule has 0 atom stereocenters. The van der Waals surface area contributed by atoms with Crippen molar-refractivity contribution in [3.05, 3.63) is 39.0 Å². The summed E-state index contributed by atoms with van der Waals surface area (Å²) >= 11 is 9.10. The number of primary amides is 1. The van der Waals surface area contributed by atoms with Gasteiger partial charge in [-0.3, -0.25) is 14.3 Å². The van der Waals surface area contributed by atoms with Gasteiger partial charge in [-0.05, 0) is 40.9 Å². The molecule has 1 saturated carbocycles. The largest absolute Gasteiger partial charge is 0.467 e. The van der Waals surface area contributed by atoms with E-state index in [1.54, 1.807) is 0 Å². The molecule has 12 heteroatoms. The van der Waals surface area contributed by atoms with Crippen LogP contribution in [0.2, 0.25) is 5.02 Å². The fourth-order valence-electron chi connectivity index (χ4n) is 2.44. The van der Waals surface area contributed by atoms with Gasteiger partial charge in [0.2, 0.25) is 5.88 Å². The normalized spacial score (nSPS) is 14.0. The molecule has 3 N–H and O–H groups in total. The van der Waals surface area contributed by atoms with Crippen LogP contribution in [0.3, 0.4) is 0 Å². The predicted molar refractivity (Wildman–Crippen MR) is 97.7 cm³/mol. The maximum Gasteiger partial charge on any atom is 0.422 e. The van der Waals surface area contributed by atoms with Crippen LogP contribution in [0.5, 0.6) is 5.88 Å². The number of halogens is 5. The van der Waals surface area contributed by atoms with E-state index in [0.717, 1.165) is 18.9 Å². The molecule has 7 nitrogen and oxygen atoms in total. The van der Waals surface area contributed by atoms with Crippen LogP contribution in [0, 0.1) is 0 Å². The Morgan fingerprint density at radius 1 is 1.36 bits per heavy atom. The smallest absolute Gasteiger partial charge is 0.422 e. The first kappa shape index (κ1) is 20.5. The third kappa shape index (κ3) is 4.76. The van der Waals surface area contributed by atoms with Gasteiger partial charge in [-0.1, -0.05) is 11.6 Å². The Labute approximate surface area is 170 Å². The van der Waals surface area contributed by atoms with Crippen molar-refractivity contribution in [2.24, 2.45) is 5.73 Å². The fourth-order valence-corrected chi connectivity index (χ4v) is 3.35. The molecule has 150 valence electrons. The summed E-state index contributed by atoms with van der Waals surface area (Å²) in [6, 6.07) is 3.76. The number of rotatable bonds is 6. The van der Waals surface area contributed by atoms with E-state index in [-0.39, 0.29) is 33.9 Å². The van der Waals surface area contributed by atoms with Gasteiger partial charge in [-0.2, -0.15) is 13.2 Å². The van der Waals surface area contributed by atoms with Gasteiger partial charge in [-0.15, -0.1) is 5.10 Å². The minimum Gasteiger partial charge on any atom is -0.467 e. The summed E-state index contributed by atoms with van der Waals surface area (Å²) in [5.74, 6) is -1.82. The Morgan fingerprint density at radius 3 is 2.61 bits per heavy atom. The van der Waals surface area contributed by atoms with E-state index in [0.29, 0.717) is 4.47 Å². The van der Waals surface area contributed by atoms with Crippen LogP contribution < -0.4 is 15.8 Å². The quantitative estimate of drug-likeness (QED) is 0.653. The van der Waals surface area contributed by atoms with Gasteiger partial charge in [0, 0.05) is 15.6 Å². The second-order valence-electron chi connectivity index (χ2n) is 6.08. The number of benzene rings is 1. The Hall–Kier alpha value is -2.27. The number of carbonyl (C=O) groups is 2. The Balaban J connectivity index is 1.89. The Morgan fingerprint density at radius 2 is 2.04 bits per heavy atom. The lowest BCUT2D eigenvalue weighted by molar-refractivity contribution is -0.154. The summed E-state index contributed by atoms with van der Waals surface area (Å²) in [5.41, 5.74) is 5.38. The highest BCUT2D eigenvalue weighted by Gasteiger charge is 2.33. The molecule has 0 saturated heterocycles. The molecule has 0 unspecified atom stereocenters. The summed E-state index contributed by atoms with van der Waals surface area (Å²) in [6.45, 7) is -1.52. The fraction of sp³-hybridized carbons (Fsp3) is 0.312. The molecule has 1 heterocycles. The van der Waals surface area contributed by atoms with Gasteiger partial charge in [0.25, 0.3) is 11.8 Å². The maximum atomic E-state index is 12.7. The molecule has 3 rings (SSSR count). The van der Waals surface area contributed by atoms with Crippen molar-refractivity contribution in [3.8, 4) is 5.88 Å². The van der Waals surface area contributed by atoms with Crippen LogP contribution in [-0.4, -0.2) is 34.4 Å². The third-order valence-electron chi connectivity index (χ3n) is 3.78. The highest BCUT2D eigenvalue weighted by molar-refractivity contribution is 9.10. The summed E-state index contributed by atoms with van der Waals surface area (Å²) in [4.78, 5) is 24.4. The van der Waals surface area contributed by atoms with Crippen molar-refractivity contribution >= 4 is 45.0 Å². The number of amides is 2. The highest BCUT2D eigenvalue weighted by atomic mass is 79.9. The number of nitrogens with one attached hydrogen (secondary N) is 1. The van der Waals surface area contributed by atoms with E-state index in [9.17, 15) is 22.8 Å². The van der Waals surface area contributed by atoms with E-state index < -0.39 is 24.6 Å². The lowest BCUT2D eigenvalue weighted by Gasteiger charge is -2.12. The number of ether oxygens (including phenoxy) is 1. The zero-order chi connectivity index (χ0) is 20.6. The standard InChI is InChI=1S/C16H13BrClF3N4O3/c17-10-4-7(18)3-9(14(22)26)13(10)23-15(27)11-5-12(28-6-16(19,20)21)24-25(11)8-1-2-8/h3-5,8H,1-2,6H2,(H2,22,26)(H,23,27). The number of anilines is 1. The third-order valence-corrected chi connectivity index (χ3v) is 4.63. The molecular formula is C16H13BrClF3N4O3. The number of nitrogens with two attached hydrogens (primary N) is 1. The van der Waals surface area contributed by atoms with Crippen molar-refractivity contribution in [2.45, 2.75) is 25.1 Å². The van der Waals surface area contributed by atoms with Gasteiger partial charge in [0.1, 0.15) is 5.69 Å². The predicted octanol–water partition coefficient (Wildman–Crippen LogP) is 3.93. The van der Waals surface area contributed by atoms with E-state index in [4.69, 9.17) is 17.3 Å². The zero-order valence-electron chi connectivity index (χ0n) is 14.0. The van der Waals surface area contributed by atoms with Crippen LogP contribution in [0.25, 0.3) is 0 Å². The van der Waals surface area contributed by atoms with E-state index >= 15 is 0 Å². The maximum absolute atomic E-state index is 12.7. The number of aromatic nitrogens is 2. The molecule has 2 aromatic rings. The number of carbonyl (C=O) groups excluding carboxylic acids is 2. The van der Waals surface area contributed by atoms with Crippen molar-refractivity contribution in [2.75, 3.05) is 11.9 Å². The molecule has 1 aliphatic rings. The molecule has 2 amide bonds. The SMILES string of the molecule is NC(=O)c1cc(Cl)cc(Br)c1NC(=O)c1cc(OCC(F)(F)F)nn1C1CC1.